The average molecular weight is 314 g/mol. The normalized spacial score (nSPS) is 12.0. The van der Waals surface area contributed by atoms with Crippen LogP contribution in [0.4, 0.5) is 0 Å². The van der Waals surface area contributed by atoms with E-state index in [-0.39, 0.29) is 22.8 Å². The van der Waals surface area contributed by atoms with Gasteiger partial charge >= 0.3 is 0 Å². The van der Waals surface area contributed by atoms with Crippen LogP contribution in [-0.4, -0.2) is 18.5 Å². The fourth-order valence-electron chi connectivity index (χ4n) is 2.07. The minimum atomic E-state index is -3.81. The lowest BCUT2D eigenvalue weighted by Gasteiger charge is -2.05. The van der Waals surface area contributed by atoms with Gasteiger partial charge in [0.05, 0.1) is 19.3 Å². The molecule has 0 fully saturated rings. The van der Waals surface area contributed by atoms with Crippen molar-refractivity contribution in [1.82, 2.24) is 9.71 Å². The monoisotopic (exact) mass is 314 g/mol. The van der Waals surface area contributed by atoms with Gasteiger partial charge < -0.3 is 13.9 Å². The van der Waals surface area contributed by atoms with E-state index in [4.69, 9.17) is 8.83 Å². The molecule has 2 N–H and O–H groups in total. The van der Waals surface area contributed by atoms with E-state index in [1.165, 1.54) is 0 Å². The molecule has 8 heteroatoms. The summed E-state index contributed by atoms with van der Waals surface area (Å²) < 4.78 is 37.7. The van der Waals surface area contributed by atoms with Crippen molar-refractivity contribution in [3.63, 3.8) is 0 Å². The lowest BCUT2D eigenvalue weighted by molar-refractivity contribution is 0.276. The van der Waals surface area contributed by atoms with Crippen molar-refractivity contribution < 1.29 is 22.4 Å². The lowest BCUT2D eigenvalue weighted by atomic mass is 10.2. The highest BCUT2D eigenvalue weighted by atomic mass is 32.2. The van der Waals surface area contributed by atoms with Crippen LogP contribution in [0.2, 0.25) is 0 Å². The quantitative estimate of drug-likeness (QED) is 0.835. The van der Waals surface area contributed by atoms with Gasteiger partial charge in [-0.2, -0.15) is 0 Å². The highest BCUT2D eigenvalue weighted by Gasteiger charge is 2.26. The number of nitrogens with zero attached hydrogens (tertiary/aromatic N) is 1. The molecule has 0 saturated heterocycles. The maximum absolute atomic E-state index is 12.3. The van der Waals surface area contributed by atoms with Crippen molar-refractivity contribution in [1.29, 1.82) is 0 Å². The Labute approximate surface area is 123 Å². The fourth-order valence-corrected chi connectivity index (χ4v) is 3.48. The molecule has 0 amide bonds. The summed E-state index contributed by atoms with van der Waals surface area (Å²) in [5.41, 5.74) is 0.265. The Morgan fingerprint density at radius 2 is 2.00 bits per heavy atom. The van der Waals surface area contributed by atoms with Gasteiger partial charge in [0.2, 0.25) is 15.9 Å². The molecule has 0 aliphatic carbocycles. The molecule has 0 atom stereocenters. The molecule has 2 rings (SSSR count). The number of oxazole rings is 1. The van der Waals surface area contributed by atoms with Crippen molar-refractivity contribution in [3.8, 4) is 0 Å². The standard InChI is InChI=1S/C13H18N2O5S/c1-4-10-5-14-12(20-10)6-15-21(17,18)13-9(3)19-8(2)11(13)7-16/h5,15-16H,4,6-7H2,1-3H3. The Morgan fingerprint density at radius 1 is 1.29 bits per heavy atom. The van der Waals surface area contributed by atoms with Gasteiger partial charge in [0.15, 0.2) is 0 Å². The maximum atomic E-state index is 12.3. The van der Waals surface area contributed by atoms with E-state index in [0.717, 1.165) is 0 Å². The van der Waals surface area contributed by atoms with E-state index in [9.17, 15) is 13.5 Å². The van der Waals surface area contributed by atoms with Crippen LogP contribution in [0, 0.1) is 13.8 Å². The van der Waals surface area contributed by atoms with Crippen LogP contribution in [0.15, 0.2) is 19.9 Å². The summed E-state index contributed by atoms with van der Waals surface area (Å²) in [4.78, 5) is 3.96. The predicted octanol–water partition coefficient (Wildman–Crippen LogP) is 1.42. The molecule has 0 bridgehead atoms. The summed E-state index contributed by atoms with van der Waals surface area (Å²) >= 11 is 0. The second-order valence-electron chi connectivity index (χ2n) is 4.58. The van der Waals surface area contributed by atoms with Gasteiger partial charge in [-0.3, -0.25) is 0 Å². The number of aromatic nitrogens is 1. The van der Waals surface area contributed by atoms with E-state index in [0.29, 0.717) is 23.8 Å². The molecule has 21 heavy (non-hydrogen) atoms. The van der Waals surface area contributed by atoms with Gasteiger partial charge in [0.1, 0.15) is 22.2 Å². The number of furan rings is 1. The Morgan fingerprint density at radius 3 is 2.57 bits per heavy atom. The second-order valence-corrected chi connectivity index (χ2v) is 6.28. The zero-order valence-electron chi connectivity index (χ0n) is 12.1. The zero-order chi connectivity index (χ0) is 15.6. The van der Waals surface area contributed by atoms with Crippen LogP contribution >= 0.6 is 0 Å². The van der Waals surface area contributed by atoms with Crippen LogP contribution in [0.3, 0.4) is 0 Å². The summed E-state index contributed by atoms with van der Waals surface area (Å²) in [5.74, 6) is 1.61. The first-order chi connectivity index (χ1) is 9.89. The molecule has 2 heterocycles. The molecule has 0 saturated carbocycles. The van der Waals surface area contributed by atoms with Crippen molar-refractivity contribution in [2.75, 3.05) is 0 Å². The molecule has 0 radical (unpaired) electrons. The van der Waals surface area contributed by atoms with Crippen LogP contribution in [0.25, 0.3) is 0 Å². The van der Waals surface area contributed by atoms with Gasteiger partial charge in [-0.25, -0.2) is 18.1 Å². The Balaban J connectivity index is 2.22. The minimum Gasteiger partial charge on any atom is -0.465 e. The van der Waals surface area contributed by atoms with Crippen molar-refractivity contribution in [2.24, 2.45) is 0 Å². The molecule has 7 nitrogen and oxygen atoms in total. The van der Waals surface area contributed by atoms with E-state index in [1.54, 1.807) is 20.0 Å². The third-order valence-electron chi connectivity index (χ3n) is 3.12. The first-order valence-electron chi connectivity index (χ1n) is 6.52. The summed E-state index contributed by atoms with van der Waals surface area (Å²) in [7, 11) is -3.81. The smallest absolute Gasteiger partial charge is 0.244 e. The first-order valence-corrected chi connectivity index (χ1v) is 8.00. The van der Waals surface area contributed by atoms with Gasteiger partial charge in [-0.05, 0) is 13.8 Å². The molecule has 0 aliphatic rings. The third-order valence-corrected chi connectivity index (χ3v) is 4.71. The predicted molar refractivity (Wildman–Crippen MR) is 74.0 cm³/mol. The van der Waals surface area contributed by atoms with E-state index in [1.807, 2.05) is 6.92 Å². The highest BCUT2D eigenvalue weighted by molar-refractivity contribution is 7.89. The second kappa shape index (κ2) is 6.00. The number of aliphatic hydroxyl groups is 1. The highest BCUT2D eigenvalue weighted by Crippen LogP contribution is 2.26. The summed E-state index contributed by atoms with van der Waals surface area (Å²) in [6.07, 6.45) is 2.25. The van der Waals surface area contributed by atoms with Gasteiger partial charge in [0.25, 0.3) is 0 Å². The largest absolute Gasteiger partial charge is 0.465 e. The topological polar surface area (TPSA) is 106 Å². The minimum absolute atomic E-state index is 0.0234. The van der Waals surface area contributed by atoms with Crippen molar-refractivity contribution in [2.45, 2.75) is 45.2 Å². The number of nitrogens with one attached hydrogen (secondary N) is 1. The number of aliphatic hydroxyl groups excluding tert-OH is 1. The Bertz CT molecular complexity index is 730. The molecular weight excluding hydrogens is 296 g/mol. The van der Waals surface area contributed by atoms with E-state index < -0.39 is 16.6 Å². The summed E-state index contributed by atoms with van der Waals surface area (Å²) in [5, 5.41) is 9.31. The van der Waals surface area contributed by atoms with E-state index >= 15 is 0 Å². The summed E-state index contributed by atoms with van der Waals surface area (Å²) in [6, 6.07) is 0. The van der Waals surface area contributed by atoms with Crippen LogP contribution < -0.4 is 4.72 Å². The average Bonchev–Trinajstić information content (AvgIpc) is 3.00. The van der Waals surface area contributed by atoms with E-state index in [2.05, 4.69) is 9.71 Å². The SMILES string of the molecule is CCc1cnc(CNS(=O)(=O)c2c(C)oc(C)c2CO)o1. The molecule has 2 aromatic heterocycles. The molecule has 0 aromatic carbocycles. The van der Waals surface area contributed by atoms with Crippen LogP contribution in [0.5, 0.6) is 0 Å². The molecule has 0 aliphatic heterocycles. The summed E-state index contributed by atoms with van der Waals surface area (Å²) in [6.45, 7) is 4.61. The molecular formula is C13H18N2O5S. The first kappa shape index (κ1) is 15.7. The van der Waals surface area contributed by atoms with Crippen molar-refractivity contribution in [3.05, 3.63) is 34.9 Å². The zero-order valence-corrected chi connectivity index (χ0v) is 13.0. The molecule has 0 unspecified atom stereocenters. The number of rotatable bonds is 6. The maximum Gasteiger partial charge on any atom is 0.244 e. The number of hydrogen-bond acceptors (Lipinski definition) is 6. The lowest BCUT2D eigenvalue weighted by Crippen LogP contribution is -2.24. The number of hydrogen-bond donors (Lipinski definition) is 2. The molecule has 2 aromatic rings. The van der Waals surface area contributed by atoms with Crippen molar-refractivity contribution >= 4 is 10.0 Å². The van der Waals surface area contributed by atoms with Gasteiger partial charge in [-0.1, -0.05) is 6.92 Å². The van der Waals surface area contributed by atoms with Gasteiger partial charge in [-0.15, -0.1) is 0 Å². The number of sulfonamides is 1. The Hall–Kier alpha value is -1.64. The Kier molecular flexibility index (Phi) is 4.50. The van der Waals surface area contributed by atoms with Gasteiger partial charge in [0, 0.05) is 12.0 Å². The fraction of sp³-hybridized carbons (Fsp3) is 0.462. The molecule has 0 spiro atoms. The molecule has 116 valence electrons. The third kappa shape index (κ3) is 3.17. The van der Waals surface area contributed by atoms with Crippen LogP contribution in [-0.2, 0) is 29.6 Å². The van der Waals surface area contributed by atoms with Crippen LogP contribution in [0.1, 0.15) is 35.7 Å². The number of aryl methyl sites for hydroxylation is 3.